The van der Waals surface area contributed by atoms with Crippen molar-refractivity contribution in [3.63, 3.8) is 0 Å². The molecule has 2 aromatic carbocycles. The Hall–Kier alpha value is -1.15. The summed E-state index contributed by atoms with van der Waals surface area (Å²) in [6.07, 6.45) is 0. The van der Waals surface area contributed by atoms with Crippen LogP contribution in [0.2, 0.25) is 0 Å². The number of benzene rings is 2. The summed E-state index contributed by atoms with van der Waals surface area (Å²) < 4.78 is 14.4. The van der Waals surface area contributed by atoms with Gasteiger partial charge in [-0.25, -0.2) is 4.39 Å². The summed E-state index contributed by atoms with van der Waals surface area (Å²) in [5.41, 5.74) is 1.27. The van der Waals surface area contributed by atoms with Gasteiger partial charge in [0.2, 0.25) is 0 Å². The molecule has 0 radical (unpaired) electrons. The van der Waals surface area contributed by atoms with Gasteiger partial charge in [-0.15, -0.1) is 0 Å². The van der Waals surface area contributed by atoms with E-state index in [4.69, 9.17) is 0 Å². The molecule has 0 spiro atoms. The van der Waals surface area contributed by atoms with Gasteiger partial charge in [-0.2, -0.15) is 0 Å². The highest BCUT2D eigenvalue weighted by Crippen LogP contribution is 2.26. The number of anilines is 1. The Balaban J connectivity index is 2.32. The van der Waals surface area contributed by atoms with Gasteiger partial charge in [-0.05, 0) is 81.3 Å². The van der Waals surface area contributed by atoms with Crippen molar-refractivity contribution in [2.24, 2.45) is 0 Å². The number of hydrogen-bond donors (Lipinski definition) is 2. The first kappa shape index (κ1) is 15.2. The molecule has 0 aliphatic heterocycles. The average Bonchev–Trinajstić information content (AvgIpc) is 2.38. The Kier molecular flexibility index (Phi) is 4.64. The third-order valence-electron chi connectivity index (χ3n) is 2.72. The molecule has 6 heteroatoms. The fourth-order valence-corrected chi connectivity index (χ4v) is 2.50. The summed E-state index contributed by atoms with van der Waals surface area (Å²) in [7, 11) is 0. The minimum atomic E-state index is -0.442. The van der Waals surface area contributed by atoms with Crippen molar-refractivity contribution in [2.75, 3.05) is 5.32 Å². The monoisotopic (exact) mass is 449 g/mol. The van der Waals surface area contributed by atoms with E-state index < -0.39 is 11.7 Å². The molecule has 0 aliphatic carbocycles. The first-order chi connectivity index (χ1) is 9.38. The zero-order valence-corrected chi connectivity index (χ0v) is 14.1. The zero-order chi connectivity index (χ0) is 14.9. The lowest BCUT2D eigenvalue weighted by molar-refractivity contribution is 0.102. The van der Waals surface area contributed by atoms with Gasteiger partial charge in [-0.1, -0.05) is 0 Å². The van der Waals surface area contributed by atoms with Crippen LogP contribution in [0, 0.1) is 16.3 Å². The average molecular weight is 450 g/mol. The second-order valence-electron chi connectivity index (χ2n) is 4.20. The van der Waals surface area contributed by atoms with Crippen LogP contribution < -0.4 is 5.32 Å². The number of amides is 1. The van der Waals surface area contributed by atoms with Gasteiger partial charge >= 0.3 is 0 Å². The summed E-state index contributed by atoms with van der Waals surface area (Å²) in [6.45, 7) is 1.69. The molecule has 1 amide bonds. The predicted molar refractivity (Wildman–Crippen MR) is 87.6 cm³/mol. The van der Waals surface area contributed by atoms with E-state index in [2.05, 4.69) is 43.8 Å². The van der Waals surface area contributed by atoms with Crippen LogP contribution in [-0.2, 0) is 0 Å². The Morgan fingerprint density at radius 1 is 1.35 bits per heavy atom. The van der Waals surface area contributed by atoms with Crippen LogP contribution in [-0.4, -0.2) is 11.0 Å². The summed E-state index contributed by atoms with van der Waals surface area (Å²) in [4.78, 5) is 12.2. The van der Waals surface area contributed by atoms with Crippen LogP contribution in [0.15, 0.2) is 34.8 Å². The van der Waals surface area contributed by atoms with E-state index in [1.807, 2.05) is 0 Å². The van der Waals surface area contributed by atoms with Gasteiger partial charge < -0.3 is 10.4 Å². The maximum Gasteiger partial charge on any atom is 0.259 e. The van der Waals surface area contributed by atoms with Crippen LogP contribution >= 0.6 is 38.5 Å². The topological polar surface area (TPSA) is 49.3 Å². The smallest absolute Gasteiger partial charge is 0.259 e. The Bertz CT molecular complexity index is 691. The maximum absolute atomic E-state index is 13.3. The molecule has 0 bridgehead atoms. The van der Waals surface area contributed by atoms with Crippen molar-refractivity contribution in [3.8, 4) is 5.75 Å². The molecule has 3 nitrogen and oxygen atoms in total. The molecular weight excluding hydrogens is 440 g/mol. The molecule has 2 aromatic rings. The van der Waals surface area contributed by atoms with E-state index >= 15 is 0 Å². The molecule has 20 heavy (non-hydrogen) atoms. The minimum Gasteiger partial charge on any atom is -0.507 e. The number of hydrogen-bond acceptors (Lipinski definition) is 2. The van der Waals surface area contributed by atoms with Crippen molar-refractivity contribution in [1.29, 1.82) is 0 Å². The summed E-state index contributed by atoms with van der Waals surface area (Å²) in [5, 5.41) is 12.4. The quantitative estimate of drug-likeness (QED) is 0.665. The van der Waals surface area contributed by atoms with E-state index in [1.165, 1.54) is 18.2 Å². The van der Waals surface area contributed by atoms with E-state index in [-0.39, 0.29) is 15.8 Å². The number of aryl methyl sites for hydroxylation is 1. The molecule has 0 atom stereocenters. The molecule has 2 N–H and O–H groups in total. The highest BCUT2D eigenvalue weighted by molar-refractivity contribution is 14.1. The lowest BCUT2D eigenvalue weighted by Gasteiger charge is -2.10. The number of carbonyl (C=O) groups excluding carboxylic acids is 1. The van der Waals surface area contributed by atoms with Crippen LogP contribution in [0.4, 0.5) is 10.1 Å². The second-order valence-corrected chi connectivity index (χ2v) is 6.30. The maximum atomic E-state index is 13.3. The van der Waals surface area contributed by atoms with Crippen LogP contribution in [0.1, 0.15) is 15.9 Å². The molecule has 0 unspecified atom stereocenters. The fourth-order valence-electron chi connectivity index (χ4n) is 1.66. The molecule has 0 aromatic heterocycles. The molecule has 0 fully saturated rings. The largest absolute Gasteiger partial charge is 0.507 e. The number of rotatable bonds is 2. The van der Waals surface area contributed by atoms with Crippen molar-refractivity contribution in [1.82, 2.24) is 0 Å². The molecule has 104 valence electrons. The van der Waals surface area contributed by atoms with E-state index in [0.29, 0.717) is 11.3 Å². The third kappa shape index (κ3) is 3.29. The SMILES string of the molecule is Cc1cc(F)c(Br)cc1NC(=O)c1cc(I)ccc1O. The zero-order valence-electron chi connectivity index (χ0n) is 10.4. The van der Waals surface area contributed by atoms with E-state index in [1.54, 1.807) is 19.1 Å². The molecule has 0 heterocycles. The fraction of sp³-hybridized carbons (Fsp3) is 0.0714. The highest BCUT2D eigenvalue weighted by atomic mass is 127. The van der Waals surface area contributed by atoms with Crippen molar-refractivity contribution in [3.05, 3.63) is 55.3 Å². The standard InChI is InChI=1S/C14H10BrFINO2/c1-7-4-11(16)10(15)6-12(7)18-14(20)9-5-8(17)2-3-13(9)19/h2-6,19H,1H3,(H,18,20). The van der Waals surface area contributed by atoms with Gasteiger partial charge in [0.25, 0.3) is 5.91 Å². The van der Waals surface area contributed by atoms with Crippen LogP contribution in [0.25, 0.3) is 0 Å². The van der Waals surface area contributed by atoms with Gasteiger partial charge in [0.15, 0.2) is 0 Å². The number of carbonyl (C=O) groups is 1. The molecule has 0 saturated heterocycles. The normalized spacial score (nSPS) is 10.4. The van der Waals surface area contributed by atoms with E-state index in [0.717, 1.165) is 3.57 Å². The summed E-state index contributed by atoms with van der Waals surface area (Å²) in [6, 6.07) is 7.57. The summed E-state index contributed by atoms with van der Waals surface area (Å²) >= 11 is 5.13. The predicted octanol–water partition coefficient (Wildman–Crippen LogP) is 4.46. The van der Waals surface area contributed by atoms with Crippen molar-refractivity contribution >= 4 is 50.1 Å². The number of aromatic hydroxyl groups is 1. The van der Waals surface area contributed by atoms with Crippen molar-refractivity contribution in [2.45, 2.75) is 6.92 Å². The lowest BCUT2D eigenvalue weighted by Crippen LogP contribution is -2.13. The highest BCUT2D eigenvalue weighted by Gasteiger charge is 2.14. The van der Waals surface area contributed by atoms with E-state index in [9.17, 15) is 14.3 Å². The molecule has 0 aliphatic rings. The van der Waals surface area contributed by atoms with Gasteiger partial charge in [0.1, 0.15) is 11.6 Å². The molecule has 2 rings (SSSR count). The Labute approximate surface area is 137 Å². The van der Waals surface area contributed by atoms with Gasteiger partial charge in [0.05, 0.1) is 10.0 Å². The molecule has 0 saturated carbocycles. The van der Waals surface area contributed by atoms with Crippen molar-refractivity contribution < 1.29 is 14.3 Å². The first-order valence-electron chi connectivity index (χ1n) is 5.64. The summed E-state index contributed by atoms with van der Waals surface area (Å²) in [5.74, 6) is -0.929. The number of phenolic OH excluding ortho intramolecular Hbond substituents is 1. The van der Waals surface area contributed by atoms with Gasteiger partial charge in [0, 0.05) is 9.26 Å². The Morgan fingerprint density at radius 3 is 2.75 bits per heavy atom. The third-order valence-corrected chi connectivity index (χ3v) is 4.00. The van der Waals surface area contributed by atoms with Crippen LogP contribution in [0.3, 0.4) is 0 Å². The number of phenols is 1. The lowest BCUT2D eigenvalue weighted by atomic mass is 10.1. The minimum absolute atomic E-state index is 0.0956. The molecular formula is C14H10BrFINO2. The Morgan fingerprint density at radius 2 is 2.05 bits per heavy atom. The second kappa shape index (κ2) is 6.09. The van der Waals surface area contributed by atoms with Crippen LogP contribution in [0.5, 0.6) is 5.75 Å². The first-order valence-corrected chi connectivity index (χ1v) is 7.51. The van der Waals surface area contributed by atoms with Gasteiger partial charge in [-0.3, -0.25) is 4.79 Å². The number of nitrogens with one attached hydrogen (secondary N) is 1. The number of halogens is 3.